The standard InChI is InChI=1S/2C12H10N2.H4N2.H2O4S/c2*1-3-7-11(8-4-1)13-14-12-9-5-2-6-10-12;1-2;1-5(2,3)4/h2*1-10H;1-2H2;(H2,1,2,3,4). The number of hydrogen-bond acceptors (Lipinski definition) is 8. The van der Waals surface area contributed by atoms with Crippen LogP contribution in [0.3, 0.4) is 0 Å². The molecule has 4 rings (SSSR count). The Balaban J connectivity index is 0.000000279. The van der Waals surface area contributed by atoms with Crippen molar-refractivity contribution in [2.75, 3.05) is 0 Å². The summed E-state index contributed by atoms with van der Waals surface area (Å²) in [4.78, 5) is 0. The average molecular weight is 495 g/mol. The molecule has 0 unspecified atom stereocenters. The van der Waals surface area contributed by atoms with Gasteiger partial charge < -0.3 is 0 Å². The van der Waals surface area contributed by atoms with Gasteiger partial charge in [-0.05, 0) is 48.5 Å². The molecule has 0 amide bonds. The number of azo groups is 2. The molecule has 0 fully saturated rings. The highest BCUT2D eigenvalue weighted by Gasteiger charge is 1.88. The van der Waals surface area contributed by atoms with Gasteiger partial charge in [0.15, 0.2) is 0 Å². The van der Waals surface area contributed by atoms with Crippen molar-refractivity contribution in [1.29, 1.82) is 0 Å². The van der Waals surface area contributed by atoms with Crippen LogP contribution in [0.15, 0.2) is 142 Å². The highest BCUT2D eigenvalue weighted by molar-refractivity contribution is 7.79. The summed E-state index contributed by atoms with van der Waals surface area (Å²) in [5.41, 5.74) is 3.49. The van der Waals surface area contributed by atoms with Crippen LogP contribution in [0.25, 0.3) is 0 Å². The van der Waals surface area contributed by atoms with E-state index in [9.17, 15) is 0 Å². The number of nitrogens with zero attached hydrogens (tertiary/aromatic N) is 4. The fourth-order valence-electron chi connectivity index (χ4n) is 2.21. The molecule has 0 bridgehead atoms. The van der Waals surface area contributed by atoms with Crippen LogP contribution < -0.4 is 11.7 Å². The van der Waals surface area contributed by atoms with Crippen molar-refractivity contribution >= 4 is 33.1 Å². The van der Waals surface area contributed by atoms with Crippen LogP contribution in [-0.4, -0.2) is 17.5 Å². The molecule has 4 aromatic carbocycles. The van der Waals surface area contributed by atoms with Gasteiger partial charge >= 0.3 is 10.4 Å². The van der Waals surface area contributed by atoms with E-state index < -0.39 is 10.4 Å². The highest BCUT2D eigenvalue weighted by atomic mass is 32.3. The van der Waals surface area contributed by atoms with Gasteiger partial charge in [0, 0.05) is 0 Å². The SMILES string of the molecule is NN.O=S(=O)(O)O.c1ccc(N=Nc2ccccc2)cc1.c1ccc(N=Nc2ccccc2)cc1. The molecular formula is C24H26N6O4S. The largest absolute Gasteiger partial charge is 0.394 e. The van der Waals surface area contributed by atoms with E-state index in [0.29, 0.717) is 0 Å². The van der Waals surface area contributed by atoms with E-state index in [0.717, 1.165) is 22.7 Å². The van der Waals surface area contributed by atoms with Crippen LogP contribution in [0.4, 0.5) is 22.7 Å². The first-order valence-electron chi connectivity index (χ1n) is 9.97. The zero-order valence-corrected chi connectivity index (χ0v) is 19.4. The lowest BCUT2D eigenvalue weighted by Crippen LogP contribution is -2.02. The summed E-state index contributed by atoms with van der Waals surface area (Å²) in [5, 5.41) is 16.4. The van der Waals surface area contributed by atoms with Crippen molar-refractivity contribution in [2.24, 2.45) is 32.1 Å². The van der Waals surface area contributed by atoms with Crippen molar-refractivity contribution < 1.29 is 17.5 Å². The third kappa shape index (κ3) is 16.2. The summed E-state index contributed by atoms with van der Waals surface area (Å²) < 4.78 is 31.6. The van der Waals surface area contributed by atoms with Gasteiger partial charge in [-0.1, -0.05) is 72.8 Å². The van der Waals surface area contributed by atoms with Crippen molar-refractivity contribution in [3.05, 3.63) is 121 Å². The molecule has 0 atom stereocenters. The Morgan fingerprint density at radius 1 is 0.429 bits per heavy atom. The van der Waals surface area contributed by atoms with Crippen LogP contribution in [0.5, 0.6) is 0 Å². The Bertz CT molecular complexity index is 1050. The topological polar surface area (TPSA) is 176 Å². The number of benzene rings is 4. The third-order valence-corrected chi connectivity index (χ3v) is 3.59. The summed E-state index contributed by atoms with van der Waals surface area (Å²) in [6, 6.07) is 38.8. The van der Waals surface area contributed by atoms with E-state index in [-0.39, 0.29) is 0 Å². The van der Waals surface area contributed by atoms with E-state index in [1.54, 1.807) is 0 Å². The fraction of sp³-hybridized carbons (Fsp3) is 0. The lowest BCUT2D eigenvalue weighted by molar-refractivity contribution is 0.381. The molecule has 0 spiro atoms. The monoisotopic (exact) mass is 494 g/mol. The quantitative estimate of drug-likeness (QED) is 0.111. The Labute approximate surface area is 204 Å². The number of hydrazine groups is 1. The molecule has 4 aromatic rings. The third-order valence-electron chi connectivity index (χ3n) is 3.59. The smallest absolute Gasteiger partial charge is 0.274 e. The zero-order valence-electron chi connectivity index (χ0n) is 18.6. The van der Waals surface area contributed by atoms with Crippen LogP contribution in [0.2, 0.25) is 0 Å². The van der Waals surface area contributed by atoms with Gasteiger partial charge in [-0.3, -0.25) is 20.8 Å². The molecular weight excluding hydrogens is 468 g/mol. The van der Waals surface area contributed by atoms with Crippen molar-refractivity contribution in [1.82, 2.24) is 0 Å². The van der Waals surface area contributed by atoms with Gasteiger partial charge in [0.2, 0.25) is 0 Å². The second kappa shape index (κ2) is 17.4. The molecule has 0 heterocycles. The second-order valence-corrected chi connectivity index (χ2v) is 7.09. The number of nitrogens with two attached hydrogens (primary N) is 2. The first-order chi connectivity index (χ1) is 16.9. The fourth-order valence-corrected chi connectivity index (χ4v) is 2.21. The van der Waals surface area contributed by atoms with Gasteiger partial charge in [0.25, 0.3) is 0 Å². The molecule has 6 N–H and O–H groups in total. The Morgan fingerprint density at radius 3 is 0.714 bits per heavy atom. The van der Waals surface area contributed by atoms with Gasteiger partial charge in [0.1, 0.15) is 0 Å². The van der Waals surface area contributed by atoms with E-state index in [4.69, 9.17) is 17.5 Å². The molecule has 0 aliphatic heterocycles. The Hall–Kier alpha value is -4.13. The van der Waals surface area contributed by atoms with E-state index in [1.165, 1.54) is 0 Å². The second-order valence-electron chi connectivity index (χ2n) is 6.19. The molecule has 0 aliphatic carbocycles. The zero-order chi connectivity index (χ0) is 25.8. The summed E-state index contributed by atoms with van der Waals surface area (Å²) in [5.74, 6) is 8.00. The maximum Gasteiger partial charge on any atom is 0.394 e. The Kier molecular flexibility index (Phi) is 14.3. The summed E-state index contributed by atoms with van der Waals surface area (Å²) >= 11 is 0. The van der Waals surface area contributed by atoms with E-state index in [1.807, 2.05) is 121 Å². The van der Waals surface area contributed by atoms with Crippen molar-refractivity contribution in [3.8, 4) is 0 Å². The molecule has 10 nitrogen and oxygen atoms in total. The summed E-state index contributed by atoms with van der Waals surface area (Å²) in [6.07, 6.45) is 0. The molecule has 0 radical (unpaired) electrons. The molecule has 182 valence electrons. The summed E-state index contributed by atoms with van der Waals surface area (Å²) in [7, 11) is -4.67. The van der Waals surface area contributed by atoms with Crippen LogP contribution in [0.1, 0.15) is 0 Å². The molecule has 35 heavy (non-hydrogen) atoms. The van der Waals surface area contributed by atoms with E-state index in [2.05, 4.69) is 32.1 Å². The van der Waals surface area contributed by atoms with Crippen molar-refractivity contribution in [3.63, 3.8) is 0 Å². The van der Waals surface area contributed by atoms with Crippen LogP contribution in [-0.2, 0) is 10.4 Å². The maximum atomic E-state index is 8.74. The molecule has 0 aliphatic rings. The summed E-state index contributed by atoms with van der Waals surface area (Å²) in [6.45, 7) is 0. The predicted octanol–water partition coefficient (Wildman–Crippen LogP) is 6.37. The van der Waals surface area contributed by atoms with Gasteiger partial charge in [-0.2, -0.15) is 28.9 Å². The van der Waals surface area contributed by atoms with Gasteiger partial charge in [-0.15, -0.1) is 0 Å². The van der Waals surface area contributed by atoms with Gasteiger partial charge in [0.05, 0.1) is 22.7 Å². The first kappa shape index (κ1) is 28.9. The van der Waals surface area contributed by atoms with Gasteiger partial charge in [-0.25, -0.2) is 0 Å². The lowest BCUT2D eigenvalue weighted by Gasteiger charge is -1.91. The van der Waals surface area contributed by atoms with E-state index >= 15 is 0 Å². The molecule has 0 aromatic heterocycles. The normalized spacial score (nSPS) is 10.3. The van der Waals surface area contributed by atoms with Crippen LogP contribution >= 0.6 is 0 Å². The Morgan fingerprint density at radius 2 is 0.571 bits per heavy atom. The van der Waals surface area contributed by atoms with Crippen LogP contribution in [0, 0.1) is 0 Å². The molecule has 0 saturated heterocycles. The highest BCUT2D eigenvalue weighted by Crippen LogP contribution is 2.17. The number of rotatable bonds is 4. The lowest BCUT2D eigenvalue weighted by atomic mass is 10.3. The van der Waals surface area contributed by atoms with Crippen molar-refractivity contribution in [2.45, 2.75) is 0 Å². The molecule has 11 heteroatoms. The maximum absolute atomic E-state index is 8.74. The first-order valence-corrected chi connectivity index (χ1v) is 11.4. The molecule has 0 saturated carbocycles. The average Bonchev–Trinajstić information content (AvgIpc) is 2.89. The minimum Gasteiger partial charge on any atom is -0.274 e. The minimum absolute atomic E-state index is 0.872. The minimum atomic E-state index is -4.67. The predicted molar refractivity (Wildman–Crippen MR) is 137 cm³/mol. The number of hydrogen-bond donors (Lipinski definition) is 4.